The molecule has 2 heterocycles. The molecule has 0 bridgehead atoms. The number of carbonyl (C=O) groups is 2. The number of amidine groups is 1. The maximum Gasteiger partial charge on any atom is 0.226 e. The van der Waals surface area contributed by atoms with E-state index in [9.17, 15) is 28.6 Å². The summed E-state index contributed by atoms with van der Waals surface area (Å²) in [5.74, 6) is -0.0672. The van der Waals surface area contributed by atoms with Crippen LogP contribution in [-0.4, -0.2) is 49.3 Å². The van der Waals surface area contributed by atoms with E-state index in [1.807, 2.05) is 0 Å². The fourth-order valence-electron chi connectivity index (χ4n) is 4.36. The Hall–Kier alpha value is -5.26. The van der Waals surface area contributed by atoms with Gasteiger partial charge in [0.25, 0.3) is 0 Å². The van der Waals surface area contributed by atoms with Crippen LogP contribution >= 0.6 is 0 Å². The summed E-state index contributed by atoms with van der Waals surface area (Å²) in [5.41, 5.74) is 7.29. The fourth-order valence-corrected chi connectivity index (χ4v) is 4.36. The highest BCUT2D eigenvalue weighted by Crippen LogP contribution is 2.26. The van der Waals surface area contributed by atoms with Gasteiger partial charge in [0.1, 0.15) is 53.0 Å². The number of aliphatic hydroxyl groups is 2. The zero-order valence-electron chi connectivity index (χ0n) is 26.1. The number of hydrogen-bond acceptors (Lipinski definition) is 10. The molecule has 0 aliphatic rings. The topological polar surface area (TPSA) is 190 Å². The lowest BCUT2D eigenvalue weighted by Gasteiger charge is -2.06. The first-order valence-electron chi connectivity index (χ1n) is 15.2. The molecule has 48 heavy (non-hydrogen) atoms. The Labute approximate surface area is 275 Å². The van der Waals surface area contributed by atoms with Gasteiger partial charge in [-0.2, -0.15) is 0 Å². The van der Waals surface area contributed by atoms with E-state index < -0.39 is 12.2 Å². The molecule has 0 spiro atoms. The molecule has 0 saturated heterocycles. The maximum absolute atomic E-state index is 12.9. The number of ketones is 2. The minimum absolute atomic E-state index is 0.0179. The highest BCUT2D eigenvalue weighted by atomic mass is 19.1. The molecule has 0 amide bonds. The van der Waals surface area contributed by atoms with E-state index in [1.54, 1.807) is 12.1 Å². The van der Waals surface area contributed by atoms with Crippen molar-refractivity contribution < 1.29 is 42.6 Å². The smallest absolute Gasteiger partial charge is 0.226 e. The normalized spacial score (nSPS) is 12.4. The number of oxime groups is 1. The number of nitrogens with two attached hydrogens (primary N) is 1. The molecular weight excluding hydrogens is 628 g/mol. The Morgan fingerprint density at radius 3 is 1.62 bits per heavy atom. The van der Waals surface area contributed by atoms with Gasteiger partial charge >= 0.3 is 0 Å². The molecule has 4 aromatic rings. The van der Waals surface area contributed by atoms with Crippen molar-refractivity contribution in [1.29, 1.82) is 0 Å². The van der Waals surface area contributed by atoms with Crippen LogP contribution < -0.4 is 5.73 Å². The predicted octanol–water partition coefficient (Wildman–Crippen LogP) is 6.34. The second-order valence-electron chi connectivity index (χ2n) is 10.8. The number of aliphatic hydroxyl groups excluding tert-OH is 2. The third-order valence-electron chi connectivity index (χ3n) is 7.07. The van der Waals surface area contributed by atoms with Crippen molar-refractivity contribution in [3.8, 4) is 22.9 Å². The first-order chi connectivity index (χ1) is 23.1. The van der Waals surface area contributed by atoms with Crippen LogP contribution in [0.25, 0.3) is 27.8 Å². The van der Waals surface area contributed by atoms with Crippen molar-refractivity contribution >= 4 is 17.4 Å². The summed E-state index contributed by atoms with van der Waals surface area (Å²) in [6.45, 7) is 6.85. The molecule has 4 rings (SSSR count). The van der Waals surface area contributed by atoms with Gasteiger partial charge in [0.15, 0.2) is 0 Å². The van der Waals surface area contributed by atoms with E-state index in [4.69, 9.17) is 26.3 Å². The molecule has 2 atom stereocenters. The van der Waals surface area contributed by atoms with Crippen molar-refractivity contribution in [1.82, 2.24) is 9.97 Å². The number of carbonyl (C=O) groups excluding carboxylic acids is 2. The Morgan fingerprint density at radius 2 is 1.21 bits per heavy atom. The summed E-state index contributed by atoms with van der Waals surface area (Å²) in [7, 11) is 0. The van der Waals surface area contributed by atoms with Crippen molar-refractivity contribution in [3.63, 3.8) is 0 Å². The monoisotopic (exact) mass is 665 g/mol. The van der Waals surface area contributed by atoms with E-state index in [0.717, 1.165) is 0 Å². The molecule has 254 valence electrons. The zero-order valence-corrected chi connectivity index (χ0v) is 26.1. The summed E-state index contributed by atoms with van der Waals surface area (Å²) in [6.07, 6.45) is 4.10. The number of Topliss-reactive ketones (excluding diaryl/α,β-unsaturated/α-hetero) is 2. The van der Waals surface area contributed by atoms with Gasteiger partial charge in [-0.15, -0.1) is 0 Å². The lowest BCUT2D eigenvalue weighted by atomic mass is 10.1. The second kappa shape index (κ2) is 19.4. The SMILES string of the molecule is N/C(CCC(=O)CCCC(O)c1coc(-c2ccc(F)cc2)n1)=N\O.[C-]#[N+]CCC(=O)CCCC(O)c1coc(-c2ccc(F)cc2)n1. The molecule has 2 aromatic carbocycles. The van der Waals surface area contributed by atoms with E-state index in [2.05, 4.69) is 20.0 Å². The average Bonchev–Trinajstić information content (AvgIpc) is 3.79. The van der Waals surface area contributed by atoms with Crippen LogP contribution in [0.2, 0.25) is 0 Å². The first kappa shape index (κ1) is 37.2. The van der Waals surface area contributed by atoms with Crippen LogP contribution in [0.1, 0.15) is 81.4 Å². The van der Waals surface area contributed by atoms with Crippen LogP contribution in [-0.2, 0) is 9.59 Å². The molecule has 0 fully saturated rings. The number of nitrogens with zero attached hydrogens (tertiary/aromatic N) is 4. The van der Waals surface area contributed by atoms with Crippen molar-refractivity contribution in [2.45, 2.75) is 70.0 Å². The molecule has 2 aromatic heterocycles. The van der Waals surface area contributed by atoms with Crippen molar-refractivity contribution in [3.05, 3.63) is 95.5 Å². The van der Waals surface area contributed by atoms with Gasteiger partial charge in [0.2, 0.25) is 18.3 Å². The lowest BCUT2D eigenvalue weighted by Crippen LogP contribution is -2.13. The van der Waals surface area contributed by atoms with Gasteiger partial charge in [-0.3, -0.25) is 9.59 Å². The molecule has 0 saturated carbocycles. The number of aromatic nitrogens is 2. The van der Waals surface area contributed by atoms with E-state index in [0.29, 0.717) is 72.8 Å². The molecule has 0 aliphatic carbocycles. The average molecular weight is 666 g/mol. The highest BCUT2D eigenvalue weighted by molar-refractivity contribution is 5.86. The van der Waals surface area contributed by atoms with Gasteiger partial charge in [0, 0.05) is 36.8 Å². The number of hydrogen-bond donors (Lipinski definition) is 4. The summed E-state index contributed by atoms with van der Waals surface area (Å²) < 4.78 is 36.4. The fraction of sp³-hybridized carbons (Fsp3) is 0.353. The second-order valence-corrected chi connectivity index (χ2v) is 10.8. The summed E-state index contributed by atoms with van der Waals surface area (Å²) in [6, 6.07) is 11.4. The Balaban J connectivity index is 0.000000261. The molecule has 0 radical (unpaired) electrons. The van der Waals surface area contributed by atoms with Gasteiger partial charge in [-0.05, 0) is 74.2 Å². The molecule has 2 unspecified atom stereocenters. The molecular formula is C34H37F2N5O7. The van der Waals surface area contributed by atoms with Crippen LogP contribution in [0.15, 0.2) is 75.0 Å². The van der Waals surface area contributed by atoms with Gasteiger partial charge in [-0.25, -0.2) is 25.3 Å². The standard InChI is InChI=1S/C17H20FN3O4.C17H17FN2O3/c18-12-6-4-11(5-7-12)17-20-14(10-25-17)15(23)3-1-2-13(22)8-9-16(19)21-24;1-19-10-9-14(21)3-2-4-16(22)15-11-23-17(20-15)12-5-7-13(18)8-6-12/h4-7,10,15,23-24H,1-3,8-9H2,(H2,19,21);5-8,11,16,22H,2-4,9-10H2. The van der Waals surface area contributed by atoms with Gasteiger partial charge in [-0.1, -0.05) is 5.16 Å². The van der Waals surface area contributed by atoms with Crippen LogP contribution in [0, 0.1) is 18.2 Å². The van der Waals surface area contributed by atoms with E-state index in [1.165, 1.54) is 48.9 Å². The molecule has 0 aliphatic heterocycles. The number of halogens is 2. The van der Waals surface area contributed by atoms with Gasteiger partial charge in [0.05, 0.1) is 18.6 Å². The van der Waals surface area contributed by atoms with Crippen molar-refractivity contribution in [2.24, 2.45) is 10.9 Å². The molecule has 14 heteroatoms. The quantitative estimate of drug-likeness (QED) is 0.0325. The van der Waals surface area contributed by atoms with E-state index in [-0.39, 0.29) is 54.8 Å². The largest absolute Gasteiger partial charge is 0.444 e. The van der Waals surface area contributed by atoms with Crippen LogP contribution in [0.3, 0.4) is 0 Å². The van der Waals surface area contributed by atoms with Crippen LogP contribution in [0.4, 0.5) is 8.78 Å². The summed E-state index contributed by atoms with van der Waals surface area (Å²) in [5, 5.41) is 31.4. The number of oxazole rings is 2. The Morgan fingerprint density at radius 1 is 0.771 bits per heavy atom. The van der Waals surface area contributed by atoms with Crippen molar-refractivity contribution in [2.75, 3.05) is 6.54 Å². The maximum atomic E-state index is 12.9. The lowest BCUT2D eigenvalue weighted by molar-refractivity contribution is -0.119. The first-order valence-corrected chi connectivity index (χ1v) is 15.2. The molecule has 5 N–H and O–H groups in total. The number of benzene rings is 2. The minimum atomic E-state index is -0.852. The molecule has 12 nitrogen and oxygen atoms in total. The van der Waals surface area contributed by atoms with E-state index >= 15 is 0 Å². The third kappa shape index (κ3) is 12.5. The van der Waals surface area contributed by atoms with Crippen LogP contribution in [0.5, 0.6) is 0 Å². The zero-order chi connectivity index (χ0) is 34.9. The highest BCUT2D eigenvalue weighted by Gasteiger charge is 2.17. The number of rotatable bonds is 17. The summed E-state index contributed by atoms with van der Waals surface area (Å²) >= 11 is 0. The third-order valence-corrected chi connectivity index (χ3v) is 7.07. The summed E-state index contributed by atoms with van der Waals surface area (Å²) in [4.78, 5) is 34.6. The Bertz CT molecular complexity index is 1660. The minimum Gasteiger partial charge on any atom is -0.444 e. The van der Waals surface area contributed by atoms with Gasteiger partial charge < -0.3 is 34.8 Å². The Kier molecular flexibility index (Phi) is 15.0. The predicted molar refractivity (Wildman–Crippen MR) is 170 cm³/mol.